The number of hydrogen-bond donors (Lipinski definition) is 0. The Kier molecular flexibility index (Phi) is 12.9. The molecule has 0 spiro atoms. The van der Waals surface area contributed by atoms with Gasteiger partial charge in [-0.1, -0.05) is 11.6 Å². The second kappa shape index (κ2) is 16.0. The van der Waals surface area contributed by atoms with Crippen molar-refractivity contribution in [1.29, 1.82) is 0 Å². The minimum absolute atomic E-state index is 0.0887. The maximum absolute atomic E-state index is 14.0. The van der Waals surface area contributed by atoms with Gasteiger partial charge in [0.25, 0.3) is 0 Å². The van der Waals surface area contributed by atoms with Crippen molar-refractivity contribution in [3.05, 3.63) is 29.0 Å². The van der Waals surface area contributed by atoms with E-state index in [9.17, 15) is 28.4 Å². The SMILES string of the molecule is CC(C)OC(=O)OCOC(=O)[C@H]1[C@@H]2C[C@@H](CSc3ccc(F)c(Cl)c3)[C@@](/C=N/C(=O)OC(C)(C)C)(C(=O)OCOC(=O)OC(C)C)[C@@H]21. The highest BCUT2D eigenvalue weighted by atomic mass is 35.5. The van der Waals surface area contributed by atoms with E-state index in [4.69, 9.17) is 44.8 Å². The van der Waals surface area contributed by atoms with E-state index < -0.39 is 96.6 Å². The molecule has 5 atom stereocenters. The highest BCUT2D eigenvalue weighted by Crippen LogP contribution is 2.69. The number of ether oxygens (including phenoxy) is 7. The van der Waals surface area contributed by atoms with Crippen LogP contribution in [-0.4, -0.2) is 73.7 Å². The second-order valence-corrected chi connectivity index (χ2v) is 14.0. The van der Waals surface area contributed by atoms with Crippen molar-refractivity contribution in [3.63, 3.8) is 0 Å². The third-order valence-electron chi connectivity index (χ3n) is 7.11. The van der Waals surface area contributed by atoms with Gasteiger partial charge in [0.2, 0.25) is 13.6 Å². The number of rotatable bonds is 12. The number of esters is 2. The van der Waals surface area contributed by atoms with Crippen molar-refractivity contribution in [2.45, 2.75) is 77.6 Å². The fraction of sp³-hybridized carbons (Fsp3) is 0.613. The average Bonchev–Trinajstić information content (AvgIpc) is 3.56. The van der Waals surface area contributed by atoms with Crippen molar-refractivity contribution < 1.29 is 61.5 Å². The Morgan fingerprint density at radius 3 is 2.15 bits per heavy atom. The molecule has 2 aliphatic rings. The van der Waals surface area contributed by atoms with Crippen LogP contribution in [0.25, 0.3) is 0 Å². The van der Waals surface area contributed by atoms with Crippen molar-refractivity contribution in [3.8, 4) is 0 Å². The number of thioether (sulfide) groups is 1. The van der Waals surface area contributed by atoms with Gasteiger partial charge < -0.3 is 33.2 Å². The first-order valence-electron chi connectivity index (χ1n) is 14.8. The van der Waals surface area contributed by atoms with Crippen LogP contribution in [0.2, 0.25) is 5.02 Å². The fourth-order valence-corrected chi connectivity index (χ4v) is 6.76. The Morgan fingerprint density at radius 1 is 1.00 bits per heavy atom. The molecule has 260 valence electrons. The van der Waals surface area contributed by atoms with Gasteiger partial charge in [0, 0.05) is 16.9 Å². The Bertz CT molecular complexity index is 1370. The molecule has 0 saturated heterocycles. The molecule has 0 bridgehead atoms. The maximum atomic E-state index is 14.0. The molecule has 16 heteroatoms. The van der Waals surface area contributed by atoms with Crippen LogP contribution in [-0.2, 0) is 42.7 Å². The summed E-state index contributed by atoms with van der Waals surface area (Å²) in [5, 5.41) is -0.0887. The topological polar surface area (TPSA) is 162 Å². The van der Waals surface area contributed by atoms with Crippen molar-refractivity contribution in [1.82, 2.24) is 0 Å². The predicted molar refractivity (Wildman–Crippen MR) is 165 cm³/mol. The minimum atomic E-state index is -1.70. The van der Waals surface area contributed by atoms with Crippen LogP contribution in [0.15, 0.2) is 28.1 Å². The summed E-state index contributed by atoms with van der Waals surface area (Å²) < 4.78 is 49.1. The number of halogens is 2. The standard InChI is InChI=1S/C31H39ClFNO12S/c1-16(2)44-28(38)42-14-40-25(35)23-20-10-18(12-47-19-8-9-22(33)21(32)11-19)31(24(20)23,13-34-27(37)46-30(5,6)7)26(36)41-15-43-29(39)45-17(3)4/h8-9,11,13,16-18,20,23-24H,10,12,14-15H2,1-7H3/b34-13+/t18-,20-,23-,24-,31+/m0/s1. The van der Waals surface area contributed by atoms with Crippen LogP contribution in [0, 0.1) is 34.9 Å². The predicted octanol–water partition coefficient (Wildman–Crippen LogP) is 6.57. The molecule has 47 heavy (non-hydrogen) atoms. The molecule has 2 saturated carbocycles. The Balaban J connectivity index is 1.90. The molecule has 2 fully saturated rings. The molecular weight excluding hydrogens is 665 g/mol. The summed E-state index contributed by atoms with van der Waals surface area (Å²) in [7, 11) is 0. The molecule has 13 nitrogen and oxygen atoms in total. The monoisotopic (exact) mass is 703 g/mol. The second-order valence-electron chi connectivity index (χ2n) is 12.5. The van der Waals surface area contributed by atoms with Crippen molar-refractivity contribution in [2.24, 2.45) is 34.1 Å². The number of aliphatic imine (C=N–C) groups is 1. The molecule has 1 aromatic rings. The van der Waals surface area contributed by atoms with Gasteiger partial charge in [0.15, 0.2) is 0 Å². The zero-order valence-electron chi connectivity index (χ0n) is 27.1. The fourth-order valence-electron chi connectivity index (χ4n) is 5.34. The van der Waals surface area contributed by atoms with Gasteiger partial charge in [-0.15, -0.1) is 11.8 Å². The first kappa shape index (κ1) is 37.9. The lowest BCUT2D eigenvalue weighted by molar-refractivity contribution is -0.165. The minimum Gasteiger partial charge on any atom is -0.442 e. The maximum Gasteiger partial charge on any atom is 0.511 e. The molecule has 0 N–H and O–H groups in total. The zero-order chi connectivity index (χ0) is 35.1. The van der Waals surface area contributed by atoms with Gasteiger partial charge in [-0.05, 0) is 90.8 Å². The third-order valence-corrected chi connectivity index (χ3v) is 8.55. The van der Waals surface area contributed by atoms with Crippen LogP contribution >= 0.6 is 23.4 Å². The lowest BCUT2D eigenvalue weighted by Crippen LogP contribution is -2.44. The van der Waals surface area contributed by atoms with Gasteiger partial charge in [-0.25, -0.2) is 18.8 Å². The quantitative estimate of drug-likeness (QED) is 0.0756. The van der Waals surface area contributed by atoms with Gasteiger partial charge in [-0.2, -0.15) is 4.99 Å². The number of carbonyl (C=O) groups is 5. The summed E-state index contributed by atoms with van der Waals surface area (Å²) >= 11 is 7.22. The summed E-state index contributed by atoms with van der Waals surface area (Å²) in [6, 6.07) is 4.17. The Morgan fingerprint density at radius 2 is 1.60 bits per heavy atom. The number of amides is 1. The lowest BCUT2D eigenvalue weighted by Gasteiger charge is -2.33. The van der Waals surface area contributed by atoms with E-state index in [1.54, 1.807) is 48.5 Å². The average molecular weight is 704 g/mol. The number of fused-ring (bicyclic) bond motifs is 1. The van der Waals surface area contributed by atoms with E-state index in [2.05, 4.69) is 4.99 Å². The number of carbonyl (C=O) groups excluding carboxylic acids is 5. The van der Waals surface area contributed by atoms with Crippen molar-refractivity contribution in [2.75, 3.05) is 19.3 Å². The number of benzene rings is 1. The molecule has 3 rings (SSSR count). The summed E-state index contributed by atoms with van der Waals surface area (Å²) in [6.45, 7) is 9.83. The molecule has 1 amide bonds. The van der Waals surface area contributed by atoms with Gasteiger partial charge in [-0.3, -0.25) is 9.59 Å². The number of nitrogens with zero attached hydrogens (tertiary/aromatic N) is 1. The van der Waals surface area contributed by atoms with Gasteiger partial charge in [0.1, 0.15) is 16.8 Å². The molecule has 0 aromatic heterocycles. The summed E-state index contributed by atoms with van der Waals surface area (Å²) in [5.74, 6) is -4.68. The van der Waals surface area contributed by atoms with Crippen LogP contribution in [0.1, 0.15) is 54.9 Å². The third kappa shape index (κ3) is 10.4. The molecule has 0 radical (unpaired) electrons. The van der Waals surface area contributed by atoms with E-state index in [0.717, 1.165) is 6.21 Å². The molecule has 0 heterocycles. The normalized spacial score (nSPS) is 23.2. The summed E-state index contributed by atoms with van der Waals surface area (Å²) in [5.41, 5.74) is -2.60. The summed E-state index contributed by atoms with van der Waals surface area (Å²) in [6.07, 6.45) is -2.62. The van der Waals surface area contributed by atoms with Crippen LogP contribution in [0.3, 0.4) is 0 Å². The summed E-state index contributed by atoms with van der Waals surface area (Å²) in [4.78, 5) is 68.0. The van der Waals surface area contributed by atoms with E-state index in [1.165, 1.54) is 30.0 Å². The molecule has 1 aromatic carbocycles. The van der Waals surface area contributed by atoms with E-state index >= 15 is 0 Å². The highest BCUT2D eigenvalue weighted by molar-refractivity contribution is 7.99. The van der Waals surface area contributed by atoms with E-state index in [0.29, 0.717) is 4.90 Å². The smallest absolute Gasteiger partial charge is 0.442 e. The lowest BCUT2D eigenvalue weighted by atomic mass is 9.74. The van der Waals surface area contributed by atoms with Crippen LogP contribution in [0.4, 0.5) is 18.8 Å². The van der Waals surface area contributed by atoms with E-state index in [-0.39, 0.29) is 17.2 Å². The van der Waals surface area contributed by atoms with Crippen molar-refractivity contribution >= 4 is 59.9 Å². The molecule has 2 aliphatic carbocycles. The van der Waals surface area contributed by atoms with Gasteiger partial charge in [0.05, 0.1) is 23.1 Å². The number of hydrogen-bond acceptors (Lipinski definition) is 13. The van der Waals surface area contributed by atoms with Crippen LogP contribution in [0.5, 0.6) is 0 Å². The molecule has 0 unspecified atom stereocenters. The highest BCUT2D eigenvalue weighted by Gasteiger charge is 2.75. The largest absolute Gasteiger partial charge is 0.511 e. The Hall–Kier alpha value is -3.59. The zero-order valence-corrected chi connectivity index (χ0v) is 28.7. The van der Waals surface area contributed by atoms with E-state index in [1.807, 2.05) is 0 Å². The molecular formula is C31H39ClFNO12S. The van der Waals surface area contributed by atoms with Gasteiger partial charge >= 0.3 is 30.3 Å². The first-order valence-corrected chi connectivity index (χ1v) is 16.2. The molecule has 0 aliphatic heterocycles. The van der Waals surface area contributed by atoms with Crippen LogP contribution < -0.4 is 0 Å². The first-order chi connectivity index (χ1) is 21.9. The Labute approximate surface area is 281 Å².